The van der Waals surface area contributed by atoms with Crippen LogP contribution in [0.4, 0.5) is 0 Å². The molecule has 37 heavy (non-hydrogen) atoms. The van der Waals surface area contributed by atoms with E-state index in [-0.39, 0.29) is 17.7 Å². The first kappa shape index (κ1) is 26.6. The Hall–Kier alpha value is -3.44. The summed E-state index contributed by atoms with van der Waals surface area (Å²) in [5.74, 6) is -13.9. The normalized spacial score (nSPS) is 35.0. The summed E-state index contributed by atoms with van der Waals surface area (Å²) in [4.78, 5) is 80.9. The standard InChI is InChI=1S/C26H30N2O9/c1-5-7-13(30)37-22-14-10(2)11-8-6-9-12(29)15(11)20(31)16(14)23(33)26(36)18(22)19(28(3)4)21(32)17(24(26)34)25(27)35/h6,8-10,14,16-19,22,29,36H,5,7H2,1-4H3,(H2,27,35)/t10-,14+,16?,17?,18+,19-,22-,26-/m0/s1. The summed E-state index contributed by atoms with van der Waals surface area (Å²) in [7, 11) is 2.92. The summed E-state index contributed by atoms with van der Waals surface area (Å²) >= 11 is 0. The van der Waals surface area contributed by atoms with E-state index in [0.29, 0.717) is 12.0 Å². The number of Topliss-reactive ketones (excluding diaryl/α,β-unsaturated/α-hetero) is 4. The zero-order valence-corrected chi connectivity index (χ0v) is 21.0. The van der Waals surface area contributed by atoms with Gasteiger partial charge >= 0.3 is 5.97 Å². The molecule has 11 heteroatoms. The van der Waals surface area contributed by atoms with Crippen molar-refractivity contribution in [2.75, 3.05) is 14.1 Å². The molecule has 1 aromatic carbocycles. The number of aliphatic hydroxyl groups is 1. The van der Waals surface area contributed by atoms with Crippen molar-refractivity contribution in [1.82, 2.24) is 4.90 Å². The molecule has 0 spiro atoms. The molecule has 11 nitrogen and oxygen atoms in total. The third-order valence-electron chi connectivity index (χ3n) is 8.05. The maximum Gasteiger partial charge on any atom is 0.306 e. The van der Waals surface area contributed by atoms with Crippen molar-refractivity contribution in [2.45, 2.75) is 50.4 Å². The number of nitrogens with zero attached hydrogens (tertiary/aromatic N) is 1. The van der Waals surface area contributed by atoms with Crippen molar-refractivity contribution in [1.29, 1.82) is 0 Å². The van der Waals surface area contributed by atoms with Gasteiger partial charge in [-0.2, -0.15) is 0 Å². The topological polar surface area (TPSA) is 181 Å². The van der Waals surface area contributed by atoms with Crippen LogP contribution in [0.2, 0.25) is 0 Å². The van der Waals surface area contributed by atoms with Crippen LogP contribution < -0.4 is 5.73 Å². The molecule has 0 aromatic heterocycles. The average molecular weight is 515 g/mol. The van der Waals surface area contributed by atoms with Crippen LogP contribution in [0.3, 0.4) is 0 Å². The number of nitrogens with two attached hydrogens (primary N) is 1. The van der Waals surface area contributed by atoms with Gasteiger partial charge in [0.15, 0.2) is 34.7 Å². The number of fused-ring (bicyclic) bond motifs is 3. The summed E-state index contributed by atoms with van der Waals surface area (Å²) in [6, 6.07) is 3.01. The first-order valence-electron chi connectivity index (χ1n) is 12.2. The molecule has 3 aliphatic rings. The van der Waals surface area contributed by atoms with Gasteiger partial charge in [-0.1, -0.05) is 26.0 Å². The lowest BCUT2D eigenvalue weighted by Gasteiger charge is -2.56. The number of hydrogen-bond donors (Lipinski definition) is 3. The molecule has 3 aliphatic carbocycles. The van der Waals surface area contributed by atoms with E-state index in [9.17, 15) is 39.0 Å². The van der Waals surface area contributed by atoms with Crippen molar-refractivity contribution >= 4 is 35.0 Å². The van der Waals surface area contributed by atoms with Gasteiger partial charge in [-0.15, -0.1) is 0 Å². The number of phenolic OH excluding ortho intramolecular Hbond substituents is 1. The van der Waals surface area contributed by atoms with Gasteiger partial charge in [0.05, 0.1) is 23.4 Å². The van der Waals surface area contributed by atoms with Crippen molar-refractivity contribution < 1.29 is 43.7 Å². The SMILES string of the molecule is CCCC(=O)O[C@H]1[C@H]2C(C(=O)c3c(O)cccc3[C@@H]2C)C(=O)[C@]2(O)C(=O)C(C(N)=O)C(=O)[C@@H](N(C)C)[C@H]12. The molecule has 1 aromatic rings. The Labute approximate surface area is 212 Å². The molecule has 0 radical (unpaired) electrons. The minimum absolute atomic E-state index is 0.0227. The Bertz CT molecular complexity index is 1220. The van der Waals surface area contributed by atoms with Gasteiger partial charge in [0.2, 0.25) is 5.91 Å². The number of hydrogen-bond acceptors (Lipinski definition) is 10. The zero-order chi connectivity index (χ0) is 27.6. The molecule has 4 N–H and O–H groups in total. The Kier molecular flexibility index (Phi) is 6.58. The number of carbonyl (C=O) groups is 6. The number of amides is 1. The smallest absolute Gasteiger partial charge is 0.306 e. The number of carbonyl (C=O) groups excluding carboxylic acids is 6. The first-order chi connectivity index (χ1) is 17.3. The van der Waals surface area contributed by atoms with Gasteiger partial charge < -0.3 is 20.7 Å². The lowest BCUT2D eigenvalue weighted by molar-refractivity contribution is -0.205. The lowest BCUT2D eigenvalue weighted by atomic mass is 9.49. The molecular weight excluding hydrogens is 484 g/mol. The molecule has 0 bridgehead atoms. The Morgan fingerprint density at radius 1 is 1.14 bits per heavy atom. The van der Waals surface area contributed by atoms with Crippen molar-refractivity contribution in [3.05, 3.63) is 29.3 Å². The number of rotatable bonds is 5. The average Bonchev–Trinajstić information content (AvgIpc) is 2.80. The highest BCUT2D eigenvalue weighted by atomic mass is 16.5. The van der Waals surface area contributed by atoms with Crippen LogP contribution in [0.5, 0.6) is 5.75 Å². The van der Waals surface area contributed by atoms with Gasteiger partial charge in [-0.3, -0.25) is 33.7 Å². The van der Waals surface area contributed by atoms with Gasteiger partial charge in [0.1, 0.15) is 11.9 Å². The van der Waals surface area contributed by atoms with Crippen LogP contribution in [0.15, 0.2) is 18.2 Å². The minimum atomic E-state index is -3.02. The van der Waals surface area contributed by atoms with Crippen LogP contribution in [0, 0.1) is 23.7 Å². The monoisotopic (exact) mass is 514 g/mol. The molecule has 2 fully saturated rings. The first-order valence-corrected chi connectivity index (χ1v) is 12.2. The second-order valence-corrected chi connectivity index (χ2v) is 10.3. The fourth-order valence-electron chi connectivity index (χ4n) is 6.48. The van der Waals surface area contributed by atoms with E-state index >= 15 is 0 Å². The van der Waals surface area contributed by atoms with Gasteiger partial charge in [0, 0.05) is 12.3 Å². The van der Waals surface area contributed by atoms with Crippen molar-refractivity contribution in [3.8, 4) is 5.75 Å². The number of ether oxygens (including phenoxy) is 1. The molecule has 0 heterocycles. The van der Waals surface area contributed by atoms with Gasteiger partial charge in [-0.05, 0) is 38.1 Å². The molecule has 1 amide bonds. The number of primary amides is 1. The van der Waals surface area contributed by atoms with Crippen molar-refractivity contribution in [3.63, 3.8) is 0 Å². The fraction of sp³-hybridized carbons (Fsp3) is 0.538. The maximum atomic E-state index is 14.0. The van der Waals surface area contributed by atoms with Gasteiger partial charge in [0.25, 0.3) is 0 Å². The molecule has 2 saturated carbocycles. The molecule has 0 aliphatic heterocycles. The Morgan fingerprint density at radius 3 is 2.35 bits per heavy atom. The number of benzene rings is 1. The highest BCUT2D eigenvalue weighted by Crippen LogP contribution is 2.55. The number of aromatic hydroxyl groups is 1. The fourth-order valence-corrected chi connectivity index (χ4v) is 6.48. The molecule has 198 valence electrons. The highest BCUT2D eigenvalue weighted by Gasteiger charge is 2.74. The van der Waals surface area contributed by atoms with E-state index in [2.05, 4.69) is 0 Å². The Balaban J connectivity index is 2.01. The largest absolute Gasteiger partial charge is 0.507 e. The van der Waals surface area contributed by atoms with Crippen LogP contribution >= 0.6 is 0 Å². The second-order valence-electron chi connectivity index (χ2n) is 10.3. The second kappa shape index (κ2) is 9.14. The molecule has 8 atom stereocenters. The van der Waals surface area contributed by atoms with Crippen LogP contribution in [-0.4, -0.2) is 82.0 Å². The van der Waals surface area contributed by atoms with Gasteiger partial charge in [-0.25, -0.2) is 0 Å². The molecule has 4 rings (SSSR count). The quantitative estimate of drug-likeness (QED) is 0.350. The summed E-state index contributed by atoms with van der Waals surface area (Å²) < 4.78 is 5.81. The van der Waals surface area contributed by atoms with E-state index in [4.69, 9.17) is 10.5 Å². The van der Waals surface area contributed by atoms with E-state index < -0.39 is 82.3 Å². The predicted octanol–water partition coefficient (Wildman–Crippen LogP) is -0.250. The lowest BCUT2D eigenvalue weighted by Crippen LogP contribution is -2.78. The van der Waals surface area contributed by atoms with E-state index in [1.807, 2.05) is 0 Å². The maximum absolute atomic E-state index is 14.0. The summed E-state index contributed by atoms with van der Waals surface area (Å²) in [6.07, 6.45) is -1.03. The van der Waals surface area contributed by atoms with Crippen LogP contribution in [0.1, 0.15) is 48.5 Å². The van der Waals surface area contributed by atoms with Crippen LogP contribution in [-0.2, 0) is 28.7 Å². The minimum Gasteiger partial charge on any atom is -0.507 e. The van der Waals surface area contributed by atoms with E-state index in [0.717, 1.165) is 0 Å². The summed E-state index contributed by atoms with van der Waals surface area (Å²) in [5.41, 5.74) is 2.62. The Morgan fingerprint density at radius 2 is 1.78 bits per heavy atom. The third kappa shape index (κ3) is 3.63. The zero-order valence-electron chi connectivity index (χ0n) is 21.0. The number of likely N-dealkylation sites (N-methyl/N-ethyl adjacent to an activating group) is 1. The summed E-state index contributed by atoms with van der Waals surface area (Å²) in [5, 5.41) is 22.3. The third-order valence-corrected chi connectivity index (χ3v) is 8.05. The van der Waals surface area contributed by atoms with E-state index in [1.54, 1.807) is 19.9 Å². The number of esters is 1. The predicted molar refractivity (Wildman–Crippen MR) is 126 cm³/mol. The molecule has 2 unspecified atom stereocenters. The summed E-state index contributed by atoms with van der Waals surface area (Å²) in [6.45, 7) is 3.42. The van der Waals surface area contributed by atoms with E-state index in [1.165, 1.54) is 31.1 Å². The molecular formula is C26H30N2O9. The van der Waals surface area contributed by atoms with Crippen molar-refractivity contribution in [2.24, 2.45) is 29.4 Å². The van der Waals surface area contributed by atoms with Crippen LogP contribution in [0.25, 0.3) is 0 Å². The number of ketones is 4. The molecule has 0 saturated heterocycles. The number of phenols is 1. The highest BCUT2D eigenvalue weighted by molar-refractivity contribution is 6.32.